The number of halogens is 1. The van der Waals surface area contributed by atoms with Crippen molar-refractivity contribution < 1.29 is 4.79 Å². The lowest BCUT2D eigenvalue weighted by Gasteiger charge is -2.16. The van der Waals surface area contributed by atoms with Gasteiger partial charge in [-0.05, 0) is 24.1 Å². The zero-order chi connectivity index (χ0) is 12.7. The second kappa shape index (κ2) is 4.39. The van der Waals surface area contributed by atoms with E-state index < -0.39 is 0 Å². The highest BCUT2D eigenvalue weighted by molar-refractivity contribution is 9.09. The molecule has 0 spiro atoms. The molecular formula is C13H14BrN3O. The number of alkyl halides is 1. The Morgan fingerprint density at radius 3 is 3.06 bits per heavy atom. The highest BCUT2D eigenvalue weighted by atomic mass is 79.9. The Balaban J connectivity index is 1.97. The first kappa shape index (κ1) is 11.7. The van der Waals surface area contributed by atoms with Crippen molar-refractivity contribution in [3.63, 3.8) is 0 Å². The number of anilines is 1. The maximum absolute atomic E-state index is 12.0. The van der Waals surface area contributed by atoms with Crippen LogP contribution in [0.5, 0.6) is 0 Å². The molecule has 1 aliphatic rings. The van der Waals surface area contributed by atoms with Crippen LogP contribution in [0, 0.1) is 5.92 Å². The first-order chi connectivity index (χ1) is 8.69. The SMILES string of the molecule is Cn1ncc2cc(N3CC(CBr)CC3=O)ccc21. The molecule has 0 saturated carbocycles. The minimum atomic E-state index is 0.211. The van der Waals surface area contributed by atoms with Crippen LogP contribution in [0.4, 0.5) is 5.69 Å². The summed E-state index contributed by atoms with van der Waals surface area (Å²) < 4.78 is 1.84. The van der Waals surface area contributed by atoms with Gasteiger partial charge < -0.3 is 4.90 Å². The molecule has 1 saturated heterocycles. The highest BCUT2D eigenvalue weighted by Crippen LogP contribution is 2.28. The van der Waals surface area contributed by atoms with Gasteiger partial charge in [-0.25, -0.2) is 0 Å². The molecule has 0 radical (unpaired) electrons. The van der Waals surface area contributed by atoms with E-state index >= 15 is 0 Å². The van der Waals surface area contributed by atoms with Crippen molar-refractivity contribution in [1.29, 1.82) is 0 Å². The average molecular weight is 308 g/mol. The molecule has 1 amide bonds. The van der Waals surface area contributed by atoms with Crippen LogP contribution in [0.1, 0.15) is 6.42 Å². The van der Waals surface area contributed by atoms with Gasteiger partial charge in [0.1, 0.15) is 0 Å². The Hall–Kier alpha value is -1.36. The zero-order valence-electron chi connectivity index (χ0n) is 10.1. The van der Waals surface area contributed by atoms with Crippen LogP contribution < -0.4 is 4.90 Å². The van der Waals surface area contributed by atoms with Gasteiger partial charge in [0.15, 0.2) is 0 Å². The third kappa shape index (κ3) is 1.82. The Morgan fingerprint density at radius 2 is 2.33 bits per heavy atom. The van der Waals surface area contributed by atoms with Crippen LogP contribution in [0.25, 0.3) is 10.9 Å². The van der Waals surface area contributed by atoms with Crippen LogP contribution in [-0.4, -0.2) is 27.6 Å². The van der Waals surface area contributed by atoms with E-state index in [0.29, 0.717) is 12.3 Å². The van der Waals surface area contributed by atoms with Gasteiger partial charge in [0, 0.05) is 36.4 Å². The molecule has 1 aromatic heterocycles. The summed E-state index contributed by atoms with van der Waals surface area (Å²) in [5.74, 6) is 0.629. The molecule has 3 rings (SSSR count). The molecule has 1 fully saturated rings. The van der Waals surface area contributed by atoms with E-state index in [-0.39, 0.29) is 5.91 Å². The van der Waals surface area contributed by atoms with Gasteiger partial charge in [0.05, 0.1) is 11.7 Å². The van der Waals surface area contributed by atoms with Gasteiger partial charge in [-0.1, -0.05) is 15.9 Å². The highest BCUT2D eigenvalue weighted by Gasteiger charge is 2.29. The second-order valence-corrected chi connectivity index (χ2v) is 5.39. The van der Waals surface area contributed by atoms with E-state index in [1.807, 2.05) is 41.0 Å². The molecular weight excluding hydrogens is 294 g/mol. The van der Waals surface area contributed by atoms with Crippen LogP contribution in [0.2, 0.25) is 0 Å². The molecule has 0 aliphatic carbocycles. The lowest BCUT2D eigenvalue weighted by molar-refractivity contribution is -0.117. The molecule has 4 nitrogen and oxygen atoms in total. The molecule has 0 bridgehead atoms. The first-order valence-electron chi connectivity index (χ1n) is 5.97. The summed E-state index contributed by atoms with van der Waals surface area (Å²) >= 11 is 3.45. The number of amides is 1. The van der Waals surface area contributed by atoms with Crippen molar-refractivity contribution >= 4 is 38.4 Å². The third-order valence-corrected chi connectivity index (χ3v) is 4.38. The van der Waals surface area contributed by atoms with E-state index in [2.05, 4.69) is 21.0 Å². The van der Waals surface area contributed by atoms with Crippen LogP contribution in [0.15, 0.2) is 24.4 Å². The minimum absolute atomic E-state index is 0.211. The predicted octanol–water partition coefficient (Wildman–Crippen LogP) is 2.32. The van der Waals surface area contributed by atoms with E-state index in [1.54, 1.807) is 0 Å². The summed E-state index contributed by atoms with van der Waals surface area (Å²) in [6.45, 7) is 0.801. The summed E-state index contributed by atoms with van der Waals surface area (Å²) in [4.78, 5) is 13.8. The summed E-state index contributed by atoms with van der Waals surface area (Å²) in [5, 5.41) is 6.17. The number of carbonyl (C=O) groups excluding carboxylic acids is 1. The van der Waals surface area contributed by atoms with E-state index in [0.717, 1.165) is 28.5 Å². The standard InChI is InChI=1S/C13H14BrN3O/c1-16-12-3-2-11(5-10(12)7-15-16)17-8-9(6-14)4-13(17)18/h2-3,5,7,9H,4,6,8H2,1H3. The fourth-order valence-electron chi connectivity index (χ4n) is 2.45. The Bertz CT molecular complexity index is 607. The monoisotopic (exact) mass is 307 g/mol. The van der Waals surface area contributed by atoms with Crippen molar-refractivity contribution in [1.82, 2.24) is 9.78 Å². The van der Waals surface area contributed by atoms with Gasteiger partial charge in [0.25, 0.3) is 0 Å². The molecule has 5 heteroatoms. The fourth-order valence-corrected chi connectivity index (χ4v) is 2.89. The lowest BCUT2D eigenvalue weighted by Crippen LogP contribution is -2.24. The van der Waals surface area contributed by atoms with Crippen molar-refractivity contribution in [2.75, 3.05) is 16.8 Å². The Kier molecular flexibility index (Phi) is 2.86. The van der Waals surface area contributed by atoms with Crippen LogP contribution in [-0.2, 0) is 11.8 Å². The number of hydrogen-bond acceptors (Lipinski definition) is 2. The number of aryl methyl sites for hydroxylation is 1. The van der Waals surface area contributed by atoms with Gasteiger partial charge in [-0.2, -0.15) is 5.10 Å². The van der Waals surface area contributed by atoms with Crippen molar-refractivity contribution in [2.24, 2.45) is 13.0 Å². The Labute approximate surface area is 114 Å². The largest absolute Gasteiger partial charge is 0.312 e. The van der Waals surface area contributed by atoms with Gasteiger partial charge in [0.2, 0.25) is 5.91 Å². The lowest BCUT2D eigenvalue weighted by atomic mass is 10.2. The quantitative estimate of drug-likeness (QED) is 0.799. The molecule has 1 unspecified atom stereocenters. The summed E-state index contributed by atoms with van der Waals surface area (Å²) in [5.41, 5.74) is 2.06. The number of fused-ring (bicyclic) bond motifs is 1. The smallest absolute Gasteiger partial charge is 0.227 e. The topological polar surface area (TPSA) is 38.1 Å². The van der Waals surface area contributed by atoms with Gasteiger partial charge >= 0.3 is 0 Å². The third-order valence-electron chi connectivity index (χ3n) is 3.46. The number of benzene rings is 1. The molecule has 0 N–H and O–H groups in total. The zero-order valence-corrected chi connectivity index (χ0v) is 11.7. The molecule has 1 aliphatic heterocycles. The summed E-state index contributed by atoms with van der Waals surface area (Å²) in [6.07, 6.45) is 2.47. The number of aromatic nitrogens is 2. The van der Waals surface area contributed by atoms with Gasteiger partial charge in [-0.3, -0.25) is 9.48 Å². The molecule has 94 valence electrons. The number of nitrogens with zero attached hydrogens (tertiary/aromatic N) is 3. The van der Waals surface area contributed by atoms with Crippen LogP contribution in [0.3, 0.4) is 0 Å². The molecule has 18 heavy (non-hydrogen) atoms. The number of hydrogen-bond donors (Lipinski definition) is 0. The number of rotatable bonds is 2. The van der Waals surface area contributed by atoms with E-state index in [9.17, 15) is 4.79 Å². The minimum Gasteiger partial charge on any atom is -0.312 e. The maximum Gasteiger partial charge on any atom is 0.227 e. The first-order valence-corrected chi connectivity index (χ1v) is 7.09. The average Bonchev–Trinajstić information content (AvgIpc) is 2.93. The predicted molar refractivity (Wildman–Crippen MR) is 75.0 cm³/mol. The Morgan fingerprint density at radius 1 is 1.50 bits per heavy atom. The van der Waals surface area contributed by atoms with E-state index in [4.69, 9.17) is 0 Å². The van der Waals surface area contributed by atoms with Crippen molar-refractivity contribution in [2.45, 2.75) is 6.42 Å². The van der Waals surface area contributed by atoms with Crippen molar-refractivity contribution in [3.8, 4) is 0 Å². The summed E-state index contributed by atoms with van der Waals surface area (Å²) in [6, 6.07) is 6.06. The van der Waals surface area contributed by atoms with E-state index in [1.165, 1.54) is 0 Å². The molecule has 1 atom stereocenters. The second-order valence-electron chi connectivity index (χ2n) is 4.74. The number of carbonyl (C=O) groups is 1. The summed E-state index contributed by atoms with van der Waals surface area (Å²) in [7, 11) is 1.92. The van der Waals surface area contributed by atoms with Crippen molar-refractivity contribution in [3.05, 3.63) is 24.4 Å². The molecule has 2 aromatic rings. The fraction of sp³-hybridized carbons (Fsp3) is 0.385. The maximum atomic E-state index is 12.0. The normalized spacial score (nSPS) is 20.0. The van der Waals surface area contributed by atoms with Crippen LogP contribution >= 0.6 is 15.9 Å². The molecule has 1 aromatic carbocycles. The van der Waals surface area contributed by atoms with Gasteiger partial charge in [-0.15, -0.1) is 0 Å². The molecule has 2 heterocycles.